The first-order valence-electron chi connectivity index (χ1n) is 6.81. The minimum atomic E-state index is -0.873. The zero-order valence-corrected chi connectivity index (χ0v) is 12.7. The van der Waals surface area contributed by atoms with E-state index >= 15 is 0 Å². The Morgan fingerprint density at radius 3 is 2.90 bits per heavy atom. The molecule has 0 atom stereocenters. The number of aliphatic carboxylic acids is 1. The van der Waals surface area contributed by atoms with Gasteiger partial charge in [0.15, 0.2) is 0 Å². The molecule has 0 bridgehead atoms. The number of carbonyl (C=O) groups is 2. The summed E-state index contributed by atoms with van der Waals surface area (Å²) in [5, 5.41) is 10.8. The Kier molecular flexibility index (Phi) is 4.65. The fourth-order valence-electron chi connectivity index (χ4n) is 2.38. The van der Waals surface area contributed by atoms with Gasteiger partial charge >= 0.3 is 12.0 Å². The van der Waals surface area contributed by atoms with E-state index < -0.39 is 5.97 Å². The number of carbonyl (C=O) groups excluding carboxylic acids is 1. The summed E-state index contributed by atoms with van der Waals surface area (Å²) in [6, 6.07) is 2.01. The summed E-state index contributed by atoms with van der Waals surface area (Å²) >= 11 is 1.74. The number of nitrogens with zero attached hydrogens (tertiary/aromatic N) is 2. The fourth-order valence-corrected chi connectivity index (χ4v) is 3.27. The van der Waals surface area contributed by atoms with Crippen LogP contribution in [0.5, 0.6) is 0 Å². The molecule has 110 valence electrons. The number of rotatable bonds is 4. The molecule has 20 heavy (non-hydrogen) atoms. The van der Waals surface area contributed by atoms with Gasteiger partial charge in [-0.05, 0) is 37.3 Å². The van der Waals surface area contributed by atoms with Crippen LogP contribution in [-0.4, -0.2) is 46.0 Å². The third-order valence-corrected chi connectivity index (χ3v) is 4.54. The summed E-state index contributed by atoms with van der Waals surface area (Å²) in [5.74, 6) is -0.873. The zero-order chi connectivity index (χ0) is 14.7. The van der Waals surface area contributed by atoms with Crippen molar-refractivity contribution in [2.45, 2.75) is 39.3 Å². The number of urea groups is 1. The Hall–Kier alpha value is -1.56. The van der Waals surface area contributed by atoms with Gasteiger partial charge in [0, 0.05) is 30.6 Å². The molecule has 0 radical (unpaired) electrons. The van der Waals surface area contributed by atoms with Crippen LogP contribution in [0.3, 0.4) is 0 Å². The lowest BCUT2D eigenvalue weighted by Crippen LogP contribution is -2.48. The number of fused-ring (bicyclic) bond motifs is 1. The molecule has 1 N–H and O–H groups in total. The summed E-state index contributed by atoms with van der Waals surface area (Å²) in [5.41, 5.74) is 1.22. The highest BCUT2D eigenvalue weighted by Gasteiger charge is 2.27. The van der Waals surface area contributed by atoms with Gasteiger partial charge in [0.05, 0.1) is 6.42 Å². The lowest BCUT2D eigenvalue weighted by molar-refractivity contribution is -0.137. The van der Waals surface area contributed by atoms with Crippen molar-refractivity contribution in [2.75, 3.05) is 13.1 Å². The molecule has 2 heterocycles. The van der Waals surface area contributed by atoms with E-state index in [-0.39, 0.29) is 25.0 Å². The molecule has 5 nitrogen and oxygen atoms in total. The Balaban J connectivity index is 2.03. The van der Waals surface area contributed by atoms with Crippen LogP contribution in [0.1, 0.15) is 30.7 Å². The van der Waals surface area contributed by atoms with E-state index in [2.05, 4.69) is 11.4 Å². The van der Waals surface area contributed by atoms with E-state index in [0.717, 1.165) is 6.42 Å². The number of hydrogen-bond donors (Lipinski definition) is 1. The molecule has 0 aromatic carbocycles. The van der Waals surface area contributed by atoms with Gasteiger partial charge in [-0.15, -0.1) is 11.3 Å². The van der Waals surface area contributed by atoms with Gasteiger partial charge in [-0.1, -0.05) is 0 Å². The molecule has 2 amide bonds. The average molecular weight is 296 g/mol. The van der Waals surface area contributed by atoms with Crippen molar-refractivity contribution in [3.63, 3.8) is 0 Å². The van der Waals surface area contributed by atoms with E-state index in [1.165, 1.54) is 10.4 Å². The topological polar surface area (TPSA) is 60.9 Å². The number of amides is 2. The second-order valence-corrected chi connectivity index (χ2v) is 6.25. The van der Waals surface area contributed by atoms with E-state index in [1.807, 2.05) is 18.7 Å². The molecule has 0 aliphatic carbocycles. The molecular formula is C14H20N2O3S. The molecule has 2 rings (SSSR count). The van der Waals surface area contributed by atoms with Gasteiger partial charge in [-0.25, -0.2) is 4.79 Å². The highest BCUT2D eigenvalue weighted by atomic mass is 32.1. The van der Waals surface area contributed by atoms with E-state index in [1.54, 1.807) is 16.2 Å². The highest BCUT2D eigenvalue weighted by Crippen LogP contribution is 2.25. The maximum atomic E-state index is 12.5. The third-order valence-electron chi connectivity index (χ3n) is 3.51. The SMILES string of the molecule is CC(C)N(CCC(=O)O)C(=O)N1CCc2sccc2C1. The quantitative estimate of drug-likeness (QED) is 0.928. The van der Waals surface area contributed by atoms with Crippen LogP contribution in [0.25, 0.3) is 0 Å². The summed E-state index contributed by atoms with van der Waals surface area (Å²) in [4.78, 5) is 28.1. The molecular weight excluding hydrogens is 276 g/mol. The number of thiophene rings is 1. The Bertz CT molecular complexity index is 498. The van der Waals surface area contributed by atoms with Gasteiger partial charge in [-0.3, -0.25) is 4.79 Å². The molecule has 0 saturated heterocycles. The van der Waals surface area contributed by atoms with Crippen molar-refractivity contribution < 1.29 is 14.7 Å². The van der Waals surface area contributed by atoms with Crippen LogP contribution >= 0.6 is 11.3 Å². The third kappa shape index (κ3) is 3.30. The predicted octanol–water partition coefficient (Wildman–Crippen LogP) is 2.41. The monoisotopic (exact) mass is 296 g/mol. The smallest absolute Gasteiger partial charge is 0.320 e. The first-order valence-corrected chi connectivity index (χ1v) is 7.69. The van der Waals surface area contributed by atoms with Crippen LogP contribution in [0, 0.1) is 0 Å². The van der Waals surface area contributed by atoms with E-state index in [9.17, 15) is 9.59 Å². The minimum Gasteiger partial charge on any atom is -0.481 e. The number of carboxylic acids is 1. The largest absolute Gasteiger partial charge is 0.481 e. The summed E-state index contributed by atoms with van der Waals surface area (Å²) in [6.07, 6.45) is 0.880. The maximum Gasteiger partial charge on any atom is 0.320 e. The molecule has 0 saturated carbocycles. The summed E-state index contributed by atoms with van der Waals surface area (Å²) in [7, 11) is 0. The van der Waals surface area contributed by atoms with Crippen molar-refractivity contribution in [2.24, 2.45) is 0 Å². The second-order valence-electron chi connectivity index (χ2n) is 5.25. The van der Waals surface area contributed by atoms with Crippen LogP contribution in [0.15, 0.2) is 11.4 Å². The lowest BCUT2D eigenvalue weighted by Gasteiger charge is -2.35. The Morgan fingerprint density at radius 1 is 1.50 bits per heavy atom. The first kappa shape index (κ1) is 14.8. The van der Waals surface area contributed by atoms with Gasteiger partial charge in [-0.2, -0.15) is 0 Å². The summed E-state index contributed by atoms with van der Waals surface area (Å²) in [6.45, 7) is 5.44. The molecule has 0 spiro atoms. The van der Waals surface area contributed by atoms with Gasteiger partial charge in [0.2, 0.25) is 0 Å². The normalized spacial score (nSPS) is 14.2. The average Bonchev–Trinajstić information content (AvgIpc) is 2.84. The number of carboxylic acid groups (broad SMARTS) is 1. The van der Waals surface area contributed by atoms with Crippen molar-refractivity contribution in [1.82, 2.24) is 9.80 Å². The molecule has 0 unspecified atom stereocenters. The van der Waals surface area contributed by atoms with Gasteiger partial charge in [0.25, 0.3) is 0 Å². The van der Waals surface area contributed by atoms with E-state index in [0.29, 0.717) is 13.1 Å². The molecule has 0 fully saturated rings. The summed E-state index contributed by atoms with van der Waals surface area (Å²) < 4.78 is 0. The van der Waals surface area contributed by atoms with E-state index in [4.69, 9.17) is 5.11 Å². The maximum absolute atomic E-state index is 12.5. The van der Waals surface area contributed by atoms with Crippen molar-refractivity contribution >= 4 is 23.3 Å². The minimum absolute atomic E-state index is 0.00530. The van der Waals surface area contributed by atoms with Gasteiger partial charge in [0.1, 0.15) is 0 Å². The second kappa shape index (κ2) is 6.26. The number of hydrogen-bond acceptors (Lipinski definition) is 3. The Labute approximate surface area is 122 Å². The van der Waals surface area contributed by atoms with Crippen LogP contribution < -0.4 is 0 Å². The standard InChI is InChI=1S/C14H20N2O3S/c1-10(2)16(7-4-13(17)18)14(19)15-6-3-12-11(9-15)5-8-20-12/h5,8,10H,3-4,6-7,9H2,1-2H3,(H,17,18). The van der Waals surface area contributed by atoms with Crippen molar-refractivity contribution in [3.8, 4) is 0 Å². The van der Waals surface area contributed by atoms with Crippen molar-refractivity contribution in [3.05, 3.63) is 21.9 Å². The molecule has 1 aliphatic heterocycles. The highest BCUT2D eigenvalue weighted by molar-refractivity contribution is 7.10. The molecule has 1 aliphatic rings. The lowest BCUT2D eigenvalue weighted by atomic mass is 10.1. The predicted molar refractivity (Wildman–Crippen MR) is 77.9 cm³/mol. The zero-order valence-electron chi connectivity index (χ0n) is 11.8. The first-order chi connectivity index (χ1) is 9.49. The molecule has 1 aromatic rings. The van der Waals surface area contributed by atoms with Crippen LogP contribution in [0.4, 0.5) is 4.79 Å². The van der Waals surface area contributed by atoms with Gasteiger partial charge < -0.3 is 14.9 Å². The molecule has 1 aromatic heterocycles. The fraction of sp³-hybridized carbons (Fsp3) is 0.571. The van der Waals surface area contributed by atoms with Crippen LogP contribution in [-0.2, 0) is 17.8 Å². The van der Waals surface area contributed by atoms with Crippen molar-refractivity contribution in [1.29, 1.82) is 0 Å². The Morgan fingerprint density at radius 2 is 2.25 bits per heavy atom. The van der Waals surface area contributed by atoms with Crippen LogP contribution in [0.2, 0.25) is 0 Å². The molecule has 6 heteroatoms.